The van der Waals surface area contributed by atoms with E-state index in [9.17, 15) is 0 Å². The smallest absolute Gasteiger partial charge is 0.129 e. The third-order valence-corrected chi connectivity index (χ3v) is 4.05. The van der Waals surface area contributed by atoms with Gasteiger partial charge < -0.3 is 10.1 Å². The highest BCUT2D eigenvalue weighted by Gasteiger charge is 2.30. The van der Waals surface area contributed by atoms with E-state index in [1.807, 2.05) is 24.3 Å². The Balaban J connectivity index is 1.54. The van der Waals surface area contributed by atoms with Crippen molar-refractivity contribution in [3.05, 3.63) is 53.3 Å². The van der Waals surface area contributed by atoms with Gasteiger partial charge in [-0.1, -0.05) is 23.7 Å². The highest BCUT2D eigenvalue weighted by Crippen LogP contribution is 2.38. The molecule has 1 saturated carbocycles. The van der Waals surface area contributed by atoms with Gasteiger partial charge >= 0.3 is 0 Å². The van der Waals surface area contributed by atoms with Crippen molar-refractivity contribution in [3.8, 4) is 5.75 Å². The van der Waals surface area contributed by atoms with Crippen LogP contribution < -0.4 is 10.1 Å². The number of benzene rings is 1. The third kappa shape index (κ3) is 2.88. The Kier molecular flexibility index (Phi) is 3.79. The van der Waals surface area contributed by atoms with E-state index in [1.54, 1.807) is 13.3 Å². The molecule has 0 radical (unpaired) electrons. The summed E-state index contributed by atoms with van der Waals surface area (Å²) in [4.78, 5) is 4.08. The summed E-state index contributed by atoms with van der Waals surface area (Å²) in [5, 5.41) is 4.01. The molecule has 3 nitrogen and oxygen atoms in total. The predicted octanol–water partition coefficient (Wildman–Crippen LogP) is 4.10. The summed E-state index contributed by atoms with van der Waals surface area (Å²) >= 11 is 5.77. The van der Waals surface area contributed by atoms with Gasteiger partial charge in [0.25, 0.3) is 0 Å². The molecule has 1 fully saturated rings. The highest BCUT2D eigenvalue weighted by molar-refractivity contribution is 6.29. The van der Waals surface area contributed by atoms with Crippen LogP contribution in [0.15, 0.2) is 42.6 Å². The molecule has 1 aromatic carbocycles. The van der Waals surface area contributed by atoms with E-state index in [0.29, 0.717) is 17.1 Å². The first kappa shape index (κ1) is 13.3. The van der Waals surface area contributed by atoms with Crippen LogP contribution in [0.5, 0.6) is 5.75 Å². The van der Waals surface area contributed by atoms with Crippen LogP contribution in [-0.4, -0.2) is 18.1 Å². The summed E-state index contributed by atoms with van der Waals surface area (Å²) < 4.78 is 5.18. The highest BCUT2D eigenvalue weighted by atomic mass is 35.5. The van der Waals surface area contributed by atoms with Crippen molar-refractivity contribution >= 4 is 17.3 Å². The minimum Gasteiger partial charge on any atom is -0.497 e. The van der Waals surface area contributed by atoms with Crippen LogP contribution >= 0.6 is 11.6 Å². The summed E-state index contributed by atoms with van der Waals surface area (Å²) in [6.07, 6.45) is 4.08. The predicted molar refractivity (Wildman–Crippen MR) is 81.6 cm³/mol. The quantitative estimate of drug-likeness (QED) is 0.860. The maximum absolute atomic E-state index is 5.77. The minimum absolute atomic E-state index is 0.519. The normalized spacial score (nSPS) is 21.1. The van der Waals surface area contributed by atoms with E-state index in [0.717, 1.165) is 24.3 Å². The lowest BCUT2D eigenvalue weighted by Gasteiger charge is -2.36. The zero-order chi connectivity index (χ0) is 13.9. The number of nitrogens with zero attached hydrogens (tertiary/aromatic N) is 1. The number of anilines is 1. The Morgan fingerprint density at radius 3 is 2.50 bits per heavy atom. The fraction of sp³-hybridized carbons (Fsp3) is 0.312. The number of ether oxygens (including phenoxy) is 1. The second-order valence-corrected chi connectivity index (χ2v) is 5.54. The molecule has 1 aliphatic rings. The Labute approximate surface area is 123 Å². The molecule has 2 aromatic rings. The monoisotopic (exact) mass is 288 g/mol. The number of rotatable bonds is 4. The van der Waals surface area contributed by atoms with Crippen molar-refractivity contribution in [2.45, 2.75) is 24.8 Å². The van der Waals surface area contributed by atoms with Crippen LogP contribution in [0.1, 0.15) is 24.3 Å². The molecule has 0 saturated heterocycles. The summed E-state index contributed by atoms with van der Waals surface area (Å²) in [6, 6.07) is 12.7. The molecule has 1 aliphatic carbocycles. The van der Waals surface area contributed by atoms with E-state index in [1.165, 1.54) is 5.56 Å². The van der Waals surface area contributed by atoms with Crippen LogP contribution in [0.4, 0.5) is 5.69 Å². The summed E-state index contributed by atoms with van der Waals surface area (Å²) in [7, 11) is 1.69. The van der Waals surface area contributed by atoms with Crippen molar-refractivity contribution in [3.63, 3.8) is 0 Å². The van der Waals surface area contributed by atoms with Gasteiger partial charge in [0, 0.05) is 6.04 Å². The molecule has 104 valence electrons. The van der Waals surface area contributed by atoms with E-state index in [4.69, 9.17) is 16.3 Å². The molecule has 0 bridgehead atoms. The number of hydrogen-bond donors (Lipinski definition) is 1. The number of hydrogen-bond acceptors (Lipinski definition) is 3. The maximum Gasteiger partial charge on any atom is 0.129 e. The maximum atomic E-state index is 5.77. The molecular formula is C16H17ClN2O. The largest absolute Gasteiger partial charge is 0.497 e. The standard InChI is InChI=1S/C16H17ClN2O/c1-20-15-5-2-11(3-6-15)12-8-14(9-12)19-13-4-7-16(17)18-10-13/h2-7,10,12,14,19H,8-9H2,1H3. The van der Waals surface area contributed by atoms with Gasteiger partial charge in [-0.15, -0.1) is 0 Å². The molecule has 1 N–H and O–H groups in total. The first-order valence-electron chi connectivity index (χ1n) is 6.76. The van der Waals surface area contributed by atoms with Gasteiger partial charge in [0.2, 0.25) is 0 Å². The van der Waals surface area contributed by atoms with Crippen molar-refractivity contribution in [1.82, 2.24) is 4.98 Å². The first-order valence-corrected chi connectivity index (χ1v) is 7.14. The Bertz CT molecular complexity index is 562. The van der Waals surface area contributed by atoms with E-state index in [2.05, 4.69) is 22.4 Å². The Morgan fingerprint density at radius 1 is 1.15 bits per heavy atom. The van der Waals surface area contributed by atoms with Gasteiger partial charge in [-0.3, -0.25) is 0 Å². The lowest BCUT2D eigenvalue weighted by molar-refractivity contribution is 0.373. The molecule has 1 heterocycles. The number of nitrogens with one attached hydrogen (secondary N) is 1. The van der Waals surface area contributed by atoms with Gasteiger partial charge in [-0.05, 0) is 48.6 Å². The second-order valence-electron chi connectivity index (χ2n) is 5.15. The van der Waals surface area contributed by atoms with Gasteiger partial charge in [0.15, 0.2) is 0 Å². The average molecular weight is 289 g/mol. The van der Waals surface area contributed by atoms with Gasteiger partial charge in [-0.25, -0.2) is 4.98 Å². The molecule has 4 heteroatoms. The zero-order valence-corrected chi connectivity index (χ0v) is 12.1. The van der Waals surface area contributed by atoms with Crippen molar-refractivity contribution < 1.29 is 4.74 Å². The molecule has 1 aromatic heterocycles. The third-order valence-electron chi connectivity index (χ3n) is 3.82. The molecule has 0 spiro atoms. The molecule has 20 heavy (non-hydrogen) atoms. The average Bonchev–Trinajstić information content (AvgIpc) is 2.45. The van der Waals surface area contributed by atoms with E-state index >= 15 is 0 Å². The second kappa shape index (κ2) is 5.71. The van der Waals surface area contributed by atoms with Gasteiger partial charge in [0.05, 0.1) is 19.0 Å². The molecule has 0 unspecified atom stereocenters. The SMILES string of the molecule is COc1ccc(C2CC(Nc3ccc(Cl)nc3)C2)cc1. The molecule has 0 atom stereocenters. The zero-order valence-electron chi connectivity index (χ0n) is 11.3. The fourth-order valence-electron chi connectivity index (χ4n) is 2.58. The van der Waals surface area contributed by atoms with Crippen LogP contribution in [0.3, 0.4) is 0 Å². The topological polar surface area (TPSA) is 34.1 Å². The van der Waals surface area contributed by atoms with Crippen LogP contribution in [-0.2, 0) is 0 Å². The lowest BCUT2D eigenvalue weighted by atomic mass is 9.76. The molecule has 0 amide bonds. The number of pyridine rings is 1. The summed E-state index contributed by atoms with van der Waals surface area (Å²) in [5.74, 6) is 1.55. The van der Waals surface area contributed by atoms with Crippen LogP contribution in [0, 0.1) is 0 Å². The van der Waals surface area contributed by atoms with E-state index in [-0.39, 0.29) is 0 Å². The molecule has 3 rings (SSSR count). The van der Waals surface area contributed by atoms with Gasteiger partial charge in [0.1, 0.15) is 10.9 Å². The summed E-state index contributed by atoms with van der Waals surface area (Å²) in [6.45, 7) is 0. The van der Waals surface area contributed by atoms with Crippen molar-refractivity contribution in [1.29, 1.82) is 0 Å². The number of methoxy groups -OCH3 is 1. The van der Waals surface area contributed by atoms with Crippen LogP contribution in [0.25, 0.3) is 0 Å². The van der Waals surface area contributed by atoms with Gasteiger partial charge in [-0.2, -0.15) is 0 Å². The number of halogens is 1. The van der Waals surface area contributed by atoms with Crippen LogP contribution in [0.2, 0.25) is 5.15 Å². The van der Waals surface area contributed by atoms with Crippen molar-refractivity contribution in [2.75, 3.05) is 12.4 Å². The molecule has 0 aliphatic heterocycles. The first-order chi connectivity index (χ1) is 9.74. The fourth-order valence-corrected chi connectivity index (χ4v) is 2.69. The molecular weight excluding hydrogens is 272 g/mol. The van der Waals surface area contributed by atoms with Crippen molar-refractivity contribution in [2.24, 2.45) is 0 Å². The Morgan fingerprint density at radius 2 is 1.90 bits per heavy atom. The van der Waals surface area contributed by atoms with E-state index < -0.39 is 0 Å². The summed E-state index contributed by atoms with van der Waals surface area (Å²) in [5.41, 5.74) is 2.42. The number of aromatic nitrogens is 1. The lowest BCUT2D eigenvalue weighted by Crippen LogP contribution is -2.33. The minimum atomic E-state index is 0.519. The Hall–Kier alpha value is -1.74.